The Morgan fingerprint density at radius 3 is 2.61 bits per heavy atom. The molecular weight excluding hydrogens is 488 g/mol. The van der Waals surface area contributed by atoms with Crippen LogP contribution in [-0.2, 0) is 6.54 Å². The van der Waals surface area contributed by atoms with Crippen LogP contribution in [0.15, 0.2) is 65.9 Å². The van der Waals surface area contributed by atoms with Gasteiger partial charge in [0.15, 0.2) is 0 Å². The Morgan fingerprint density at radius 1 is 1.05 bits per heavy atom. The van der Waals surface area contributed by atoms with Crippen LogP contribution in [0.2, 0.25) is 0 Å². The van der Waals surface area contributed by atoms with Gasteiger partial charge in [-0.25, -0.2) is 4.57 Å². The lowest BCUT2D eigenvalue weighted by atomic mass is 10.0. The Hall–Kier alpha value is -4.29. The maximum absolute atomic E-state index is 13.5. The van der Waals surface area contributed by atoms with Gasteiger partial charge in [-0.15, -0.1) is 0 Å². The van der Waals surface area contributed by atoms with Crippen molar-refractivity contribution in [2.24, 2.45) is 4.99 Å². The van der Waals surface area contributed by atoms with Crippen LogP contribution in [0.4, 0.5) is 23.0 Å². The number of imidazole rings is 1. The van der Waals surface area contributed by atoms with Crippen molar-refractivity contribution in [1.82, 2.24) is 14.5 Å². The number of hydrogen-bond acceptors (Lipinski definition) is 9. The number of nitrogens with zero attached hydrogens (tertiary/aromatic N) is 8. The van der Waals surface area contributed by atoms with Crippen LogP contribution in [0.3, 0.4) is 0 Å². The summed E-state index contributed by atoms with van der Waals surface area (Å²) >= 11 is 0. The highest BCUT2D eigenvalue weighted by Gasteiger charge is 2.38. The number of piperazine rings is 1. The minimum absolute atomic E-state index is 0.120. The third-order valence-corrected chi connectivity index (χ3v) is 7.24. The van der Waals surface area contributed by atoms with Gasteiger partial charge < -0.3 is 30.2 Å². The third-order valence-electron chi connectivity index (χ3n) is 7.24. The van der Waals surface area contributed by atoms with Crippen molar-refractivity contribution in [1.29, 1.82) is 0 Å². The van der Waals surface area contributed by atoms with E-state index >= 15 is 0 Å². The second kappa shape index (κ2) is 9.88. The van der Waals surface area contributed by atoms with E-state index in [0.29, 0.717) is 30.3 Å². The predicted octanol–water partition coefficient (Wildman–Crippen LogP) is 1.84. The van der Waals surface area contributed by atoms with Crippen LogP contribution < -0.4 is 9.80 Å². The first-order valence-corrected chi connectivity index (χ1v) is 12.7. The zero-order valence-corrected chi connectivity index (χ0v) is 20.8. The summed E-state index contributed by atoms with van der Waals surface area (Å²) in [6, 6.07) is 15.6. The number of rotatable bonds is 7. The Bertz CT molecular complexity index is 1410. The number of β-amino-alcohol motifs (C(OH)–C–C–N with tert-alkyl or cyclic N) is 1. The molecule has 1 aromatic heterocycles. The number of amidine groups is 1. The first kappa shape index (κ1) is 24.1. The molecule has 0 spiro atoms. The summed E-state index contributed by atoms with van der Waals surface area (Å²) in [4.78, 5) is 25.5. The fourth-order valence-electron chi connectivity index (χ4n) is 5.42. The van der Waals surface area contributed by atoms with E-state index < -0.39 is 11.0 Å². The summed E-state index contributed by atoms with van der Waals surface area (Å²) in [5.41, 5.74) is 3.96. The summed E-state index contributed by atoms with van der Waals surface area (Å²) in [6.07, 6.45) is 2.13. The number of anilines is 2. The van der Waals surface area contributed by atoms with E-state index in [9.17, 15) is 20.4 Å². The average Bonchev–Trinajstić information content (AvgIpc) is 3.60. The van der Waals surface area contributed by atoms with Gasteiger partial charge in [-0.05, 0) is 29.2 Å². The number of nitro groups is 1. The predicted molar refractivity (Wildman–Crippen MR) is 143 cm³/mol. The quantitative estimate of drug-likeness (QED) is 0.218. The van der Waals surface area contributed by atoms with Gasteiger partial charge in [0.05, 0.1) is 24.8 Å². The Labute approximate surface area is 219 Å². The van der Waals surface area contributed by atoms with Crippen LogP contribution >= 0.6 is 0 Å². The van der Waals surface area contributed by atoms with Gasteiger partial charge >= 0.3 is 5.95 Å². The standard InChI is InChI=1S/C26H28N8O4/c35-21(18-31-10-8-28-26(31)34(37)38)17-29-12-14-30(15-13-29)20-6-7-22-23(16-20)32-11-9-27-25(32)24(33(22)36)19-4-2-1-3-5-19/h1-8,10,16,21,35H,9,11-15,17-18H2. The molecule has 0 saturated carbocycles. The molecule has 3 aliphatic heterocycles. The molecule has 6 rings (SSSR count). The maximum atomic E-state index is 13.5. The fourth-order valence-corrected chi connectivity index (χ4v) is 5.42. The van der Waals surface area contributed by atoms with E-state index in [0.717, 1.165) is 54.4 Å². The monoisotopic (exact) mass is 516 g/mol. The lowest BCUT2D eigenvalue weighted by Crippen LogP contribution is -2.49. The number of aliphatic imine (C=N–C) groups is 1. The molecule has 196 valence electrons. The highest BCUT2D eigenvalue weighted by atomic mass is 16.6. The van der Waals surface area contributed by atoms with Crippen LogP contribution in [0, 0.1) is 15.3 Å². The summed E-state index contributed by atoms with van der Waals surface area (Å²) in [5, 5.41) is 35.1. The van der Waals surface area contributed by atoms with Gasteiger partial charge in [0.2, 0.25) is 11.5 Å². The minimum Gasteiger partial charge on any atom is -0.618 e. The van der Waals surface area contributed by atoms with Crippen molar-refractivity contribution in [3.05, 3.63) is 81.8 Å². The zero-order valence-electron chi connectivity index (χ0n) is 20.8. The first-order chi connectivity index (χ1) is 18.5. The maximum Gasteiger partial charge on any atom is 0.434 e. The number of aliphatic hydroxyl groups is 1. The van der Waals surface area contributed by atoms with Crippen LogP contribution in [-0.4, -0.2) is 92.7 Å². The Kier molecular flexibility index (Phi) is 6.26. The van der Waals surface area contributed by atoms with Crippen LogP contribution in [0.25, 0.3) is 0 Å². The lowest BCUT2D eigenvalue weighted by Gasteiger charge is -2.37. The molecule has 0 radical (unpaired) electrons. The summed E-state index contributed by atoms with van der Waals surface area (Å²) in [5.74, 6) is 0.449. The SMILES string of the molecule is O=[N+]([O-])c1nccn1CC(O)CN1CCN(c2ccc3c(c2)N2CCN=C2C(c2ccccc2)=[N+]3[O-])CC1. The van der Waals surface area contributed by atoms with Gasteiger partial charge in [-0.1, -0.05) is 23.2 Å². The second-order valence-corrected chi connectivity index (χ2v) is 9.62. The number of benzene rings is 2. The molecule has 1 unspecified atom stereocenters. The molecule has 4 heterocycles. The molecule has 1 saturated heterocycles. The average molecular weight is 517 g/mol. The van der Waals surface area contributed by atoms with Gasteiger partial charge in [0.25, 0.3) is 5.71 Å². The van der Waals surface area contributed by atoms with Crippen molar-refractivity contribution in [3.63, 3.8) is 0 Å². The van der Waals surface area contributed by atoms with Gasteiger partial charge in [0.1, 0.15) is 18.1 Å². The van der Waals surface area contributed by atoms with Crippen molar-refractivity contribution in [2.45, 2.75) is 12.6 Å². The molecule has 0 aliphatic carbocycles. The second-order valence-electron chi connectivity index (χ2n) is 9.62. The lowest BCUT2D eigenvalue weighted by molar-refractivity contribution is -0.397. The number of hydrogen-bond donors (Lipinski definition) is 1. The van der Waals surface area contributed by atoms with Crippen molar-refractivity contribution >= 4 is 34.6 Å². The topological polar surface area (TPSA) is 129 Å². The van der Waals surface area contributed by atoms with Gasteiger partial charge in [-0.2, -0.15) is 4.74 Å². The van der Waals surface area contributed by atoms with Crippen molar-refractivity contribution in [2.75, 3.05) is 55.6 Å². The third kappa shape index (κ3) is 4.37. The normalized spacial score (nSPS) is 18.3. The molecule has 3 aliphatic rings. The van der Waals surface area contributed by atoms with Crippen LogP contribution in [0.1, 0.15) is 5.56 Å². The number of fused-ring (bicyclic) bond motifs is 3. The highest BCUT2D eigenvalue weighted by Crippen LogP contribution is 2.38. The molecular formula is C26H28N8O4. The Morgan fingerprint density at radius 2 is 1.84 bits per heavy atom. The molecule has 0 amide bonds. The zero-order chi connectivity index (χ0) is 26.2. The molecule has 1 fully saturated rings. The summed E-state index contributed by atoms with van der Waals surface area (Å²) < 4.78 is 2.36. The van der Waals surface area contributed by atoms with Gasteiger partial charge in [-0.3, -0.25) is 9.89 Å². The summed E-state index contributed by atoms with van der Waals surface area (Å²) in [7, 11) is 0. The van der Waals surface area contributed by atoms with E-state index in [2.05, 4.69) is 30.7 Å². The Balaban J connectivity index is 1.14. The van der Waals surface area contributed by atoms with E-state index in [1.54, 1.807) is 0 Å². The van der Waals surface area contributed by atoms with E-state index in [1.807, 2.05) is 42.5 Å². The first-order valence-electron chi connectivity index (χ1n) is 12.7. The molecule has 3 aromatic rings. The molecule has 0 bridgehead atoms. The number of aromatic nitrogens is 2. The molecule has 2 aromatic carbocycles. The smallest absolute Gasteiger partial charge is 0.434 e. The molecule has 1 N–H and O–H groups in total. The van der Waals surface area contributed by atoms with E-state index in [1.165, 1.54) is 17.0 Å². The minimum atomic E-state index is -0.746. The van der Waals surface area contributed by atoms with E-state index in [-0.39, 0.29) is 12.5 Å². The summed E-state index contributed by atoms with van der Waals surface area (Å²) in [6.45, 7) is 4.94. The van der Waals surface area contributed by atoms with Gasteiger partial charge in [0, 0.05) is 51.0 Å². The highest BCUT2D eigenvalue weighted by molar-refractivity contribution is 6.51. The van der Waals surface area contributed by atoms with E-state index in [4.69, 9.17) is 0 Å². The fraction of sp³-hybridized carbons (Fsp3) is 0.346. The molecule has 12 nitrogen and oxygen atoms in total. The van der Waals surface area contributed by atoms with Crippen molar-refractivity contribution < 1.29 is 14.8 Å². The number of aliphatic hydroxyl groups excluding tert-OH is 1. The molecule has 12 heteroatoms. The van der Waals surface area contributed by atoms with Crippen molar-refractivity contribution in [3.8, 4) is 0 Å². The van der Waals surface area contributed by atoms with Crippen LogP contribution in [0.5, 0.6) is 0 Å². The largest absolute Gasteiger partial charge is 0.618 e. The molecule has 38 heavy (non-hydrogen) atoms. The molecule has 1 atom stereocenters.